The number of carbonyl (C=O) groups excluding carboxylic acids is 3. The van der Waals surface area contributed by atoms with E-state index in [4.69, 9.17) is 4.74 Å². The van der Waals surface area contributed by atoms with Gasteiger partial charge < -0.3 is 10.1 Å². The highest BCUT2D eigenvalue weighted by molar-refractivity contribution is 7.89. The molecule has 4 aromatic rings. The van der Waals surface area contributed by atoms with Crippen molar-refractivity contribution in [1.82, 2.24) is 9.62 Å². The van der Waals surface area contributed by atoms with Crippen molar-refractivity contribution in [3.63, 3.8) is 0 Å². The van der Waals surface area contributed by atoms with E-state index < -0.39 is 32.9 Å². The molecule has 0 aromatic heterocycles. The largest absolute Gasteiger partial charge is 0.464 e. The summed E-state index contributed by atoms with van der Waals surface area (Å²) < 4.78 is 33.4. The van der Waals surface area contributed by atoms with Crippen molar-refractivity contribution >= 4 is 33.4 Å². The number of hydrogen-bond donors (Lipinski definition) is 1. The average Bonchev–Trinajstić information content (AvgIpc) is 3.34. The third-order valence-electron chi connectivity index (χ3n) is 8.02. The van der Waals surface area contributed by atoms with Crippen LogP contribution < -0.4 is 5.32 Å². The number of ketones is 1. The molecule has 1 heterocycles. The standard InChI is InChI=1S/C33H27N3O8S/c1-2-44-33(39)30(34-32(38)28-9-5-8-27-29(28)25-6-3-4-7-26(25)31(27)37)21-11-10-20-16-17-35(19-22(20)18-21)45(42,43)24-14-12-23(13-15-24)36(40)41/h3-15,18,30H,2,16-17,19H2,1H3,(H,34,38). The second-order valence-corrected chi connectivity index (χ2v) is 12.6. The molecule has 1 aliphatic heterocycles. The van der Waals surface area contributed by atoms with Crippen LogP contribution in [0.2, 0.25) is 0 Å². The maximum atomic E-state index is 13.7. The Hall–Kier alpha value is -5.20. The van der Waals surface area contributed by atoms with Crippen LogP contribution in [0.3, 0.4) is 0 Å². The molecule has 1 N–H and O–H groups in total. The molecule has 0 radical (unpaired) electrons. The Bertz CT molecular complexity index is 1990. The van der Waals surface area contributed by atoms with Crippen LogP contribution in [0.1, 0.15) is 55.9 Å². The van der Waals surface area contributed by atoms with Crippen molar-refractivity contribution in [2.45, 2.75) is 30.8 Å². The summed E-state index contributed by atoms with van der Waals surface area (Å²) in [5.41, 5.74) is 3.99. The number of fused-ring (bicyclic) bond motifs is 4. The monoisotopic (exact) mass is 625 g/mol. The number of esters is 1. The minimum atomic E-state index is -3.97. The molecule has 12 heteroatoms. The summed E-state index contributed by atoms with van der Waals surface area (Å²) in [5, 5.41) is 13.8. The van der Waals surface area contributed by atoms with Gasteiger partial charge in [-0.2, -0.15) is 4.31 Å². The molecule has 0 fully saturated rings. The summed E-state index contributed by atoms with van der Waals surface area (Å²) in [6.07, 6.45) is 0.405. The van der Waals surface area contributed by atoms with Gasteiger partial charge in [-0.05, 0) is 53.8 Å². The zero-order valence-electron chi connectivity index (χ0n) is 24.1. The van der Waals surface area contributed by atoms with E-state index in [1.165, 1.54) is 16.4 Å². The van der Waals surface area contributed by atoms with Gasteiger partial charge in [-0.3, -0.25) is 19.7 Å². The predicted molar refractivity (Wildman–Crippen MR) is 163 cm³/mol. The van der Waals surface area contributed by atoms with Crippen molar-refractivity contribution in [3.05, 3.63) is 128 Å². The Balaban J connectivity index is 1.30. The van der Waals surface area contributed by atoms with Crippen molar-refractivity contribution in [2.75, 3.05) is 13.2 Å². The second kappa shape index (κ2) is 11.7. The van der Waals surface area contributed by atoms with Gasteiger partial charge >= 0.3 is 5.97 Å². The van der Waals surface area contributed by atoms with Gasteiger partial charge in [0.05, 0.1) is 16.4 Å². The zero-order valence-corrected chi connectivity index (χ0v) is 24.9. The summed E-state index contributed by atoms with van der Waals surface area (Å²) in [5.74, 6) is -1.45. The lowest BCUT2D eigenvalue weighted by Crippen LogP contribution is -2.37. The molecule has 4 aromatic carbocycles. The van der Waals surface area contributed by atoms with Crippen molar-refractivity contribution in [2.24, 2.45) is 0 Å². The number of nitrogens with zero attached hydrogens (tertiary/aromatic N) is 2. The number of amides is 1. The van der Waals surface area contributed by atoms with Crippen LogP contribution in [-0.4, -0.2) is 48.5 Å². The van der Waals surface area contributed by atoms with Crippen LogP contribution in [0.15, 0.2) is 89.8 Å². The lowest BCUT2D eigenvalue weighted by Gasteiger charge is -2.29. The first-order valence-corrected chi connectivity index (χ1v) is 15.6. The molecule has 0 saturated carbocycles. The summed E-state index contributed by atoms with van der Waals surface area (Å²) >= 11 is 0. The smallest absolute Gasteiger partial charge is 0.333 e. The van der Waals surface area contributed by atoms with Crippen molar-refractivity contribution in [3.8, 4) is 11.1 Å². The van der Waals surface area contributed by atoms with E-state index >= 15 is 0 Å². The van der Waals surface area contributed by atoms with Crippen LogP contribution >= 0.6 is 0 Å². The van der Waals surface area contributed by atoms with Gasteiger partial charge in [-0.15, -0.1) is 0 Å². The molecular weight excluding hydrogens is 598 g/mol. The lowest BCUT2D eigenvalue weighted by molar-refractivity contribution is -0.384. The Labute approximate surface area is 258 Å². The molecule has 1 aliphatic carbocycles. The van der Waals surface area contributed by atoms with E-state index in [0.29, 0.717) is 39.8 Å². The first-order valence-electron chi connectivity index (χ1n) is 14.2. The van der Waals surface area contributed by atoms with Gasteiger partial charge in [-0.1, -0.05) is 54.6 Å². The third-order valence-corrected chi connectivity index (χ3v) is 9.88. The van der Waals surface area contributed by atoms with Gasteiger partial charge in [0, 0.05) is 47.5 Å². The fourth-order valence-corrected chi connectivity index (χ4v) is 7.22. The number of nitro benzene ring substituents is 1. The molecule has 1 atom stereocenters. The Kier molecular flexibility index (Phi) is 7.77. The lowest BCUT2D eigenvalue weighted by atomic mass is 9.95. The molecule has 0 saturated heterocycles. The molecule has 11 nitrogen and oxygen atoms in total. The molecular formula is C33H27N3O8S. The van der Waals surface area contributed by atoms with Crippen LogP contribution in [0, 0.1) is 10.1 Å². The molecule has 6 rings (SSSR count). The number of non-ortho nitro benzene ring substituents is 1. The highest BCUT2D eigenvalue weighted by atomic mass is 32.2. The SMILES string of the molecule is CCOC(=O)C(NC(=O)c1cccc2c1-c1ccccc1C2=O)c1ccc2c(c1)CN(S(=O)(=O)c1ccc([N+](=O)[O-])cc1)CC2. The number of nitrogens with one attached hydrogen (secondary N) is 1. The highest BCUT2D eigenvalue weighted by Gasteiger charge is 2.34. The molecule has 45 heavy (non-hydrogen) atoms. The molecule has 0 spiro atoms. The summed E-state index contributed by atoms with van der Waals surface area (Å²) in [7, 11) is -3.97. The Morgan fingerprint density at radius 2 is 1.67 bits per heavy atom. The second-order valence-electron chi connectivity index (χ2n) is 10.6. The quantitative estimate of drug-likeness (QED) is 0.149. The van der Waals surface area contributed by atoms with Crippen LogP contribution in [-0.2, 0) is 32.5 Å². The first-order chi connectivity index (χ1) is 21.6. The number of ether oxygens (including phenoxy) is 1. The fourth-order valence-electron chi connectivity index (χ4n) is 5.80. The number of nitro groups is 1. The molecule has 0 bridgehead atoms. The molecule has 1 unspecified atom stereocenters. The maximum Gasteiger partial charge on any atom is 0.333 e. The van der Waals surface area contributed by atoms with E-state index in [9.17, 15) is 32.9 Å². The van der Waals surface area contributed by atoms with Crippen molar-refractivity contribution < 1.29 is 32.5 Å². The molecule has 228 valence electrons. The normalized spacial score (nSPS) is 14.6. The number of rotatable bonds is 8. The van der Waals surface area contributed by atoms with Crippen LogP contribution in [0.25, 0.3) is 11.1 Å². The molecule has 2 aliphatic rings. The maximum absolute atomic E-state index is 13.7. The van der Waals surface area contributed by atoms with Gasteiger partial charge in [0.25, 0.3) is 11.6 Å². The fraction of sp³-hybridized carbons (Fsp3) is 0.182. The Morgan fingerprint density at radius 1 is 0.956 bits per heavy atom. The highest BCUT2D eigenvalue weighted by Crippen LogP contribution is 2.39. The number of sulfonamides is 1. The summed E-state index contributed by atoms with van der Waals surface area (Å²) in [4.78, 5) is 50.3. The number of carbonyl (C=O) groups is 3. The summed E-state index contributed by atoms with van der Waals surface area (Å²) in [6.45, 7) is 1.91. The van der Waals surface area contributed by atoms with E-state index in [1.54, 1.807) is 67.6 Å². The predicted octanol–water partition coefficient (Wildman–Crippen LogP) is 4.59. The Morgan fingerprint density at radius 3 is 2.38 bits per heavy atom. The van der Waals surface area contributed by atoms with Gasteiger partial charge in [0.1, 0.15) is 0 Å². The number of benzene rings is 4. The van der Waals surface area contributed by atoms with Gasteiger partial charge in [0.15, 0.2) is 11.8 Å². The summed E-state index contributed by atoms with van der Waals surface area (Å²) in [6, 6.07) is 20.6. The van der Waals surface area contributed by atoms with E-state index in [1.807, 2.05) is 0 Å². The van der Waals surface area contributed by atoms with Gasteiger partial charge in [-0.25, -0.2) is 13.2 Å². The minimum absolute atomic E-state index is 0.00290. The van der Waals surface area contributed by atoms with E-state index in [0.717, 1.165) is 17.7 Å². The van der Waals surface area contributed by atoms with Crippen LogP contribution in [0.4, 0.5) is 5.69 Å². The van der Waals surface area contributed by atoms with Gasteiger partial charge in [0.2, 0.25) is 10.0 Å². The third kappa shape index (κ3) is 5.38. The topological polar surface area (TPSA) is 153 Å². The van der Waals surface area contributed by atoms with E-state index in [2.05, 4.69) is 5.32 Å². The molecule has 1 amide bonds. The average molecular weight is 626 g/mol. The first kappa shape index (κ1) is 29.9. The van der Waals surface area contributed by atoms with Crippen molar-refractivity contribution in [1.29, 1.82) is 0 Å². The van der Waals surface area contributed by atoms with E-state index in [-0.39, 0.29) is 41.6 Å². The minimum Gasteiger partial charge on any atom is -0.464 e. The number of hydrogen-bond acceptors (Lipinski definition) is 8. The zero-order chi connectivity index (χ0) is 31.9. The van der Waals surface area contributed by atoms with Crippen LogP contribution in [0.5, 0.6) is 0 Å².